The molecule has 0 amide bonds. The molecule has 1 aromatic carbocycles. The van der Waals surface area contributed by atoms with Gasteiger partial charge >= 0.3 is 0 Å². The number of benzene rings is 1. The molecule has 3 rings (SSSR count). The van der Waals surface area contributed by atoms with E-state index in [0.717, 1.165) is 22.7 Å². The van der Waals surface area contributed by atoms with Gasteiger partial charge in [-0.3, -0.25) is 0 Å². The zero-order valence-electron chi connectivity index (χ0n) is 11.3. The van der Waals surface area contributed by atoms with Crippen LogP contribution in [0.2, 0.25) is 0 Å². The number of nitrogens with zero attached hydrogens (tertiary/aromatic N) is 2. The molecule has 0 spiro atoms. The fourth-order valence-electron chi connectivity index (χ4n) is 2.33. The number of aromatic nitrogens is 2. The minimum Gasteiger partial charge on any atom is -0.497 e. The van der Waals surface area contributed by atoms with Gasteiger partial charge in [0.1, 0.15) is 11.4 Å². The lowest BCUT2D eigenvalue weighted by Gasteiger charge is -2.05. The van der Waals surface area contributed by atoms with Crippen LogP contribution in [0.1, 0.15) is 11.3 Å². The summed E-state index contributed by atoms with van der Waals surface area (Å²) in [6, 6.07) is 12.2. The van der Waals surface area contributed by atoms with Gasteiger partial charge < -0.3 is 9.14 Å². The van der Waals surface area contributed by atoms with Crippen LogP contribution in [0.15, 0.2) is 42.6 Å². The SMILES string of the molecule is COc1ccc(-c2cn3c(C)cccc3n2)c(C)c1. The van der Waals surface area contributed by atoms with Gasteiger partial charge in [-0.15, -0.1) is 0 Å². The number of imidazole rings is 1. The molecular formula is C16H16N2O. The van der Waals surface area contributed by atoms with E-state index in [0.29, 0.717) is 0 Å². The van der Waals surface area contributed by atoms with Gasteiger partial charge in [-0.05, 0) is 49.7 Å². The highest BCUT2D eigenvalue weighted by molar-refractivity contribution is 5.67. The van der Waals surface area contributed by atoms with Crippen molar-refractivity contribution >= 4 is 5.65 Å². The maximum absolute atomic E-state index is 5.24. The number of fused-ring (bicyclic) bond motifs is 1. The summed E-state index contributed by atoms with van der Waals surface area (Å²) in [5.74, 6) is 0.876. The van der Waals surface area contributed by atoms with Gasteiger partial charge in [0.2, 0.25) is 0 Å². The molecule has 0 unspecified atom stereocenters. The molecule has 0 aliphatic heterocycles. The molecule has 0 bridgehead atoms. The van der Waals surface area contributed by atoms with Crippen LogP contribution in [0.5, 0.6) is 5.75 Å². The number of rotatable bonds is 2. The quantitative estimate of drug-likeness (QED) is 0.696. The molecule has 0 N–H and O–H groups in total. The van der Waals surface area contributed by atoms with Crippen LogP contribution in [0.25, 0.3) is 16.9 Å². The average Bonchev–Trinajstić information content (AvgIpc) is 2.83. The van der Waals surface area contributed by atoms with Crippen molar-refractivity contribution in [1.82, 2.24) is 9.38 Å². The molecule has 3 heteroatoms. The number of pyridine rings is 1. The minimum atomic E-state index is 0.876. The van der Waals surface area contributed by atoms with Crippen molar-refractivity contribution in [1.29, 1.82) is 0 Å². The molecule has 0 radical (unpaired) electrons. The van der Waals surface area contributed by atoms with Crippen molar-refractivity contribution in [2.45, 2.75) is 13.8 Å². The molecule has 0 saturated heterocycles. The molecule has 0 fully saturated rings. The van der Waals surface area contributed by atoms with Gasteiger partial charge in [0.25, 0.3) is 0 Å². The summed E-state index contributed by atoms with van der Waals surface area (Å²) in [5.41, 5.74) is 5.46. The summed E-state index contributed by atoms with van der Waals surface area (Å²) in [5, 5.41) is 0. The summed E-state index contributed by atoms with van der Waals surface area (Å²) < 4.78 is 7.35. The number of hydrogen-bond donors (Lipinski definition) is 0. The third kappa shape index (κ3) is 1.97. The monoisotopic (exact) mass is 252 g/mol. The zero-order chi connectivity index (χ0) is 13.4. The first-order chi connectivity index (χ1) is 9.19. The van der Waals surface area contributed by atoms with Crippen LogP contribution in [-0.4, -0.2) is 16.5 Å². The van der Waals surface area contributed by atoms with Crippen LogP contribution >= 0.6 is 0 Å². The molecule has 2 aromatic heterocycles. The summed E-state index contributed by atoms with van der Waals surface area (Å²) in [7, 11) is 1.68. The van der Waals surface area contributed by atoms with E-state index in [-0.39, 0.29) is 0 Å². The maximum atomic E-state index is 5.24. The van der Waals surface area contributed by atoms with Crippen molar-refractivity contribution in [3.8, 4) is 17.0 Å². The number of hydrogen-bond acceptors (Lipinski definition) is 2. The van der Waals surface area contributed by atoms with Crippen molar-refractivity contribution < 1.29 is 4.74 Å². The van der Waals surface area contributed by atoms with E-state index >= 15 is 0 Å². The second kappa shape index (κ2) is 4.43. The molecule has 0 aliphatic carbocycles. The van der Waals surface area contributed by atoms with Crippen LogP contribution in [0, 0.1) is 13.8 Å². The van der Waals surface area contributed by atoms with E-state index < -0.39 is 0 Å². The van der Waals surface area contributed by atoms with Gasteiger partial charge in [-0.2, -0.15) is 0 Å². The molecule has 3 aromatic rings. The average molecular weight is 252 g/mol. The van der Waals surface area contributed by atoms with E-state index in [1.807, 2.05) is 24.3 Å². The fourth-order valence-corrected chi connectivity index (χ4v) is 2.33. The zero-order valence-corrected chi connectivity index (χ0v) is 11.3. The van der Waals surface area contributed by atoms with Crippen LogP contribution in [0.4, 0.5) is 0 Å². The van der Waals surface area contributed by atoms with Crippen molar-refractivity contribution in [2.24, 2.45) is 0 Å². The van der Waals surface area contributed by atoms with Crippen molar-refractivity contribution in [3.63, 3.8) is 0 Å². The standard InChI is InChI=1S/C16H16N2O/c1-11-9-13(19-3)7-8-14(11)15-10-18-12(2)5-4-6-16(18)17-15/h4-10H,1-3H3. The first-order valence-corrected chi connectivity index (χ1v) is 6.29. The largest absolute Gasteiger partial charge is 0.497 e. The normalized spacial score (nSPS) is 10.9. The predicted octanol–water partition coefficient (Wildman–Crippen LogP) is 3.63. The predicted molar refractivity (Wildman–Crippen MR) is 76.7 cm³/mol. The molecule has 0 aliphatic rings. The van der Waals surface area contributed by atoms with Crippen LogP contribution < -0.4 is 4.74 Å². The lowest BCUT2D eigenvalue weighted by molar-refractivity contribution is 0.414. The van der Waals surface area contributed by atoms with Gasteiger partial charge in [0, 0.05) is 17.5 Å². The number of ether oxygens (including phenoxy) is 1. The number of aryl methyl sites for hydroxylation is 2. The van der Waals surface area contributed by atoms with E-state index in [2.05, 4.69) is 41.6 Å². The van der Waals surface area contributed by atoms with Crippen molar-refractivity contribution in [3.05, 3.63) is 53.9 Å². The van der Waals surface area contributed by atoms with E-state index in [4.69, 9.17) is 4.74 Å². The molecule has 3 nitrogen and oxygen atoms in total. The molecule has 96 valence electrons. The third-order valence-electron chi connectivity index (χ3n) is 3.41. The summed E-state index contributed by atoms with van der Waals surface area (Å²) >= 11 is 0. The Bertz CT molecular complexity index is 744. The van der Waals surface area contributed by atoms with E-state index in [1.54, 1.807) is 7.11 Å². The Morgan fingerprint density at radius 2 is 1.95 bits per heavy atom. The van der Waals surface area contributed by atoms with E-state index in [9.17, 15) is 0 Å². The van der Waals surface area contributed by atoms with Crippen molar-refractivity contribution in [2.75, 3.05) is 7.11 Å². The second-order valence-electron chi connectivity index (χ2n) is 4.70. The van der Waals surface area contributed by atoms with Gasteiger partial charge in [0.15, 0.2) is 0 Å². The summed E-state index contributed by atoms with van der Waals surface area (Å²) in [6.07, 6.45) is 2.08. The highest BCUT2D eigenvalue weighted by Gasteiger charge is 2.08. The Kier molecular flexibility index (Phi) is 2.75. The van der Waals surface area contributed by atoms with Gasteiger partial charge in [-0.1, -0.05) is 6.07 Å². The maximum Gasteiger partial charge on any atom is 0.137 e. The van der Waals surface area contributed by atoms with E-state index in [1.165, 1.54) is 11.3 Å². The molecule has 2 heterocycles. The fraction of sp³-hybridized carbons (Fsp3) is 0.188. The lowest BCUT2D eigenvalue weighted by Crippen LogP contribution is -1.87. The highest BCUT2D eigenvalue weighted by Crippen LogP contribution is 2.26. The summed E-state index contributed by atoms with van der Waals surface area (Å²) in [4.78, 5) is 4.68. The Labute approximate surface area is 112 Å². The minimum absolute atomic E-state index is 0.876. The first kappa shape index (κ1) is 11.8. The second-order valence-corrected chi connectivity index (χ2v) is 4.70. The lowest BCUT2D eigenvalue weighted by atomic mass is 10.1. The molecule has 0 atom stereocenters. The van der Waals surface area contributed by atoms with Gasteiger partial charge in [-0.25, -0.2) is 4.98 Å². The molecular weight excluding hydrogens is 236 g/mol. The Morgan fingerprint density at radius 1 is 1.11 bits per heavy atom. The van der Waals surface area contributed by atoms with Gasteiger partial charge in [0.05, 0.1) is 12.8 Å². The number of methoxy groups -OCH3 is 1. The Hall–Kier alpha value is -2.29. The Balaban J connectivity index is 2.16. The van der Waals surface area contributed by atoms with Crippen LogP contribution in [-0.2, 0) is 0 Å². The smallest absolute Gasteiger partial charge is 0.137 e. The Morgan fingerprint density at radius 3 is 2.63 bits per heavy atom. The topological polar surface area (TPSA) is 26.5 Å². The molecule has 0 saturated carbocycles. The first-order valence-electron chi connectivity index (χ1n) is 6.29. The van der Waals surface area contributed by atoms with Crippen LogP contribution in [0.3, 0.4) is 0 Å². The third-order valence-corrected chi connectivity index (χ3v) is 3.41. The highest BCUT2D eigenvalue weighted by atomic mass is 16.5. The summed E-state index contributed by atoms with van der Waals surface area (Å²) in [6.45, 7) is 4.16. The molecule has 19 heavy (non-hydrogen) atoms.